The first-order chi connectivity index (χ1) is 6.24. The van der Waals surface area contributed by atoms with E-state index in [1.54, 1.807) is 7.05 Å². The van der Waals surface area contributed by atoms with E-state index >= 15 is 0 Å². The van der Waals surface area contributed by atoms with Crippen LogP contribution >= 0.6 is 0 Å². The van der Waals surface area contributed by atoms with Crippen LogP contribution in [0.4, 0.5) is 8.78 Å². The van der Waals surface area contributed by atoms with Crippen LogP contribution in [-0.4, -0.2) is 20.2 Å². The van der Waals surface area contributed by atoms with Gasteiger partial charge in [0.15, 0.2) is 11.6 Å². The maximum absolute atomic E-state index is 12.9. The largest absolute Gasteiger partial charge is 0.489 e. The Kier molecular flexibility index (Phi) is 3.64. The van der Waals surface area contributed by atoms with Crippen LogP contribution in [0.2, 0.25) is 0 Å². The highest BCUT2D eigenvalue weighted by Crippen LogP contribution is 2.17. The maximum Gasteiger partial charge on any atom is 0.165 e. The van der Waals surface area contributed by atoms with Crippen molar-refractivity contribution >= 4 is 0 Å². The fourth-order valence-electron chi connectivity index (χ4n) is 0.851. The molecule has 1 N–H and O–H groups in total. The molecule has 1 rings (SSSR count). The zero-order valence-electron chi connectivity index (χ0n) is 7.31. The summed E-state index contributed by atoms with van der Waals surface area (Å²) in [5, 5.41) is 2.83. The molecule has 0 saturated heterocycles. The first-order valence-corrected chi connectivity index (χ1v) is 3.96. The Morgan fingerprint density at radius 1 is 1.38 bits per heavy atom. The highest BCUT2D eigenvalue weighted by atomic mass is 19.1. The van der Waals surface area contributed by atoms with Crippen LogP contribution in [0.1, 0.15) is 0 Å². The van der Waals surface area contributed by atoms with E-state index in [0.717, 1.165) is 18.2 Å². The molecule has 0 aliphatic heterocycles. The fraction of sp³-hybridized carbons (Fsp3) is 0.333. The summed E-state index contributed by atoms with van der Waals surface area (Å²) in [6.07, 6.45) is 0. The van der Waals surface area contributed by atoms with Crippen LogP contribution in [0.5, 0.6) is 5.75 Å². The summed E-state index contributed by atoms with van der Waals surface area (Å²) in [4.78, 5) is 0. The zero-order valence-corrected chi connectivity index (χ0v) is 7.31. The SMILES string of the molecule is CNCCOc1cc(F)ccc1F. The first-order valence-electron chi connectivity index (χ1n) is 3.96. The molecule has 0 fully saturated rings. The summed E-state index contributed by atoms with van der Waals surface area (Å²) in [5.41, 5.74) is 0. The molecule has 2 nitrogen and oxygen atoms in total. The van der Waals surface area contributed by atoms with E-state index in [-0.39, 0.29) is 5.75 Å². The molecular weight excluding hydrogens is 176 g/mol. The van der Waals surface area contributed by atoms with Crippen molar-refractivity contribution in [2.45, 2.75) is 0 Å². The average molecular weight is 187 g/mol. The number of hydrogen-bond acceptors (Lipinski definition) is 2. The second kappa shape index (κ2) is 4.77. The van der Waals surface area contributed by atoms with E-state index < -0.39 is 11.6 Å². The molecule has 0 atom stereocenters. The minimum Gasteiger partial charge on any atom is -0.489 e. The Balaban J connectivity index is 2.59. The highest BCUT2D eigenvalue weighted by Gasteiger charge is 2.03. The van der Waals surface area contributed by atoms with Crippen molar-refractivity contribution < 1.29 is 13.5 Å². The Morgan fingerprint density at radius 2 is 2.15 bits per heavy atom. The van der Waals surface area contributed by atoms with Gasteiger partial charge in [-0.25, -0.2) is 8.78 Å². The summed E-state index contributed by atoms with van der Waals surface area (Å²) in [7, 11) is 1.76. The van der Waals surface area contributed by atoms with Crippen molar-refractivity contribution in [3.63, 3.8) is 0 Å². The van der Waals surface area contributed by atoms with Crippen LogP contribution in [0.3, 0.4) is 0 Å². The Hall–Kier alpha value is -1.16. The third-order valence-electron chi connectivity index (χ3n) is 1.50. The van der Waals surface area contributed by atoms with Gasteiger partial charge in [0, 0.05) is 12.6 Å². The molecule has 0 aliphatic rings. The number of likely N-dealkylation sites (N-methyl/N-ethyl adjacent to an activating group) is 1. The van der Waals surface area contributed by atoms with Gasteiger partial charge in [-0.2, -0.15) is 0 Å². The lowest BCUT2D eigenvalue weighted by molar-refractivity contribution is 0.300. The number of halogens is 2. The van der Waals surface area contributed by atoms with Gasteiger partial charge in [-0.15, -0.1) is 0 Å². The fourth-order valence-corrected chi connectivity index (χ4v) is 0.851. The Labute approximate surface area is 75.5 Å². The van der Waals surface area contributed by atoms with Gasteiger partial charge in [0.1, 0.15) is 12.4 Å². The normalized spacial score (nSPS) is 10.1. The third-order valence-corrected chi connectivity index (χ3v) is 1.50. The minimum absolute atomic E-state index is 0.0461. The summed E-state index contributed by atoms with van der Waals surface area (Å²) in [6.45, 7) is 0.910. The number of nitrogens with one attached hydrogen (secondary N) is 1. The van der Waals surface area contributed by atoms with Crippen LogP contribution in [0.15, 0.2) is 18.2 Å². The summed E-state index contributed by atoms with van der Waals surface area (Å²) in [6, 6.07) is 3.13. The van der Waals surface area contributed by atoms with Gasteiger partial charge in [0.2, 0.25) is 0 Å². The van der Waals surface area contributed by atoms with Crippen molar-refractivity contribution in [1.82, 2.24) is 5.32 Å². The molecule has 0 amide bonds. The average Bonchev–Trinajstić information content (AvgIpc) is 2.11. The molecule has 0 bridgehead atoms. The molecule has 0 heterocycles. The van der Waals surface area contributed by atoms with Crippen LogP contribution in [-0.2, 0) is 0 Å². The molecule has 4 heteroatoms. The lowest BCUT2D eigenvalue weighted by Gasteiger charge is -2.06. The van der Waals surface area contributed by atoms with Crippen molar-refractivity contribution in [2.75, 3.05) is 20.2 Å². The molecule has 1 aromatic carbocycles. The Morgan fingerprint density at radius 3 is 2.85 bits per heavy atom. The highest BCUT2D eigenvalue weighted by molar-refractivity contribution is 5.24. The third kappa shape index (κ3) is 2.99. The van der Waals surface area contributed by atoms with E-state index in [9.17, 15) is 8.78 Å². The summed E-state index contributed by atoms with van der Waals surface area (Å²) in [5.74, 6) is -1.09. The predicted octanol–water partition coefficient (Wildman–Crippen LogP) is 1.56. The van der Waals surface area contributed by atoms with Crippen molar-refractivity contribution in [3.8, 4) is 5.75 Å². The zero-order chi connectivity index (χ0) is 9.68. The second-order valence-corrected chi connectivity index (χ2v) is 2.53. The van der Waals surface area contributed by atoms with E-state index in [1.807, 2.05) is 0 Å². The van der Waals surface area contributed by atoms with Crippen LogP contribution < -0.4 is 10.1 Å². The summed E-state index contributed by atoms with van der Waals surface area (Å²) >= 11 is 0. The molecule has 0 spiro atoms. The second-order valence-electron chi connectivity index (χ2n) is 2.53. The van der Waals surface area contributed by atoms with Crippen LogP contribution in [0, 0.1) is 11.6 Å². The number of rotatable bonds is 4. The first kappa shape index (κ1) is 9.92. The van der Waals surface area contributed by atoms with Crippen molar-refractivity contribution in [1.29, 1.82) is 0 Å². The van der Waals surface area contributed by atoms with E-state index in [2.05, 4.69) is 5.32 Å². The smallest absolute Gasteiger partial charge is 0.165 e. The van der Waals surface area contributed by atoms with Gasteiger partial charge in [-0.05, 0) is 19.2 Å². The number of benzene rings is 1. The van der Waals surface area contributed by atoms with Gasteiger partial charge < -0.3 is 10.1 Å². The molecule has 13 heavy (non-hydrogen) atoms. The monoisotopic (exact) mass is 187 g/mol. The van der Waals surface area contributed by atoms with Crippen molar-refractivity contribution in [3.05, 3.63) is 29.8 Å². The molecular formula is C9H11F2NO. The van der Waals surface area contributed by atoms with Gasteiger partial charge in [-0.1, -0.05) is 0 Å². The quantitative estimate of drug-likeness (QED) is 0.722. The standard InChI is InChI=1S/C9H11F2NO/c1-12-4-5-13-9-6-7(10)2-3-8(9)11/h2-3,6,12H,4-5H2,1H3. The summed E-state index contributed by atoms with van der Waals surface area (Å²) < 4.78 is 30.5. The minimum atomic E-state index is -0.544. The molecule has 0 aromatic heterocycles. The number of hydrogen-bond donors (Lipinski definition) is 1. The van der Waals surface area contributed by atoms with Gasteiger partial charge >= 0.3 is 0 Å². The van der Waals surface area contributed by atoms with Gasteiger partial charge in [0.05, 0.1) is 0 Å². The van der Waals surface area contributed by atoms with E-state index in [4.69, 9.17) is 4.74 Å². The molecule has 0 radical (unpaired) electrons. The Bertz CT molecular complexity index is 278. The van der Waals surface area contributed by atoms with Gasteiger partial charge in [-0.3, -0.25) is 0 Å². The molecule has 0 aliphatic carbocycles. The van der Waals surface area contributed by atoms with Crippen molar-refractivity contribution in [2.24, 2.45) is 0 Å². The lowest BCUT2D eigenvalue weighted by atomic mass is 10.3. The van der Waals surface area contributed by atoms with E-state index in [1.165, 1.54) is 0 Å². The van der Waals surface area contributed by atoms with E-state index in [0.29, 0.717) is 13.2 Å². The van der Waals surface area contributed by atoms with Crippen LogP contribution in [0.25, 0.3) is 0 Å². The van der Waals surface area contributed by atoms with Gasteiger partial charge in [0.25, 0.3) is 0 Å². The molecule has 0 saturated carbocycles. The molecule has 0 unspecified atom stereocenters. The lowest BCUT2D eigenvalue weighted by Crippen LogP contribution is -2.16. The topological polar surface area (TPSA) is 21.3 Å². The maximum atomic E-state index is 12.9. The predicted molar refractivity (Wildman–Crippen MR) is 45.8 cm³/mol. The molecule has 1 aromatic rings. The molecule has 72 valence electrons. The number of ether oxygens (including phenoxy) is 1.